The average Bonchev–Trinajstić information content (AvgIpc) is 3.22. The summed E-state index contributed by atoms with van der Waals surface area (Å²) in [5, 5.41) is 11.9. The largest absolute Gasteiger partial charge is 0.486 e. The lowest BCUT2D eigenvalue weighted by Gasteiger charge is -2.14. The first-order chi connectivity index (χ1) is 15.6. The molecule has 32 heavy (non-hydrogen) atoms. The second-order valence-corrected chi connectivity index (χ2v) is 8.59. The zero-order valence-electron chi connectivity index (χ0n) is 17.9. The number of ether oxygens (including phenoxy) is 1. The summed E-state index contributed by atoms with van der Waals surface area (Å²) in [7, 11) is 0. The number of aromatic nitrogens is 3. The summed E-state index contributed by atoms with van der Waals surface area (Å²) in [6.45, 7) is 4.16. The normalized spacial score (nSPS) is 11.7. The minimum atomic E-state index is -0.369. The molecule has 0 saturated carbocycles. The standard InChI is InChI=1S/C25H24N4O2S/c1-18-13-15-21(16-14-18)29-23(17-31-22-11-7-4-8-12-22)27-28-25(29)32-19(2)24(30)26-20-9-5-3-6-10-20/h3-16,19H,17H2,1-2H3,(H,26,30)/t19-/m1/s1. The number of carbonyl (C=O) groups is 1. The minimum absolute atomic E-state index is 0.0956. The number of hydrogen-bond donors (Lipinski definition) is 1. The van der Waals surface area contributed by atoms with Crippen LogP contribution in [0.5, 0.6) is 5.75 Å². The fraction of sp³-hybridized carbons (Fsp3) is 0.160. The van der Waals surface area contributed by atoms with Crippen molar-refractivity contribution in [2.45, 2.75) is 30.9 Å². The number of anilines is 1. The molecule has 3 aromatic carbocycles. The Labute approximate surface area is 191 Å². The van der Waals surface area contributed by atoms with Crippen molar-refractivity contribution in [1.29, 1.82) is 0 Å². The third-order valence-corrected chi connectivity index (χ3v) is 5.84. The molecule has 1 amide bonds. The fourth-order valence-corrected chi connectivity index (χ4v) is 3.95. The molecule has 0 aliphatic carbocycles. The number of rotatable bonds is 8. The average molecular weight is 445 g/mol. The van der Waals surface area contributed by atoms with E-state index in [1.165, 1.54) is 11.8 Å². The SMILES string of the molecule is Cc1ccc(-n2c(COc3ccccc3)nnc2S[C@H](C)C(=O)Nc2ccccc2)cc1. The van der Waals surface area contributed by atoms with Gasteiger partial charge in [-0.15, -0.1) is 10.2 Å². The Hall–Kier alpha value is -3.58. The van der Waals surface area contributed by atoms with E-state index in [0.29, 0.717) is 11.0 Å². The van der Waals surface area contributed by atoms with Crippen LogP contribution in [0.15, 0.2) is 90.1 Å². The Morgan fingerprint density at radius 3 is 2.31 bits per heavy atom. The molecule has 0 fully saturated rings. The molecule has 1 N–H and O–H groups in total. The zero-order valence-corrected chi connectivity index (χ0v) is 18.8. The molecule has 0 saturated heterocycles. The third kappa shape index (κ3) is 5.36. The highest BCUT2D eigenvalue weighted by Crippen LogP contribution is 2.27. The molecule has 0 spiro atoms. The van der Waals surface area contributed by atoms with Gasteiger partial charge >= 0.3 is 0 Å². The molecular formula is C25H24N4O2S. The number of carbonyl (C=O) groups excluding carboxylic acids is 1. The van der Waals surface area contributed by atoms with Crippen LogP contribution in [0.1, 0.15) is 18.3 Å². The van der Waals surface area contributed by atoms with Crippen molar-refractivity contribution in [3.8, 4) is 11.4 Å². The highest BCUT2D eigenvalue weighted by atomic mass is 32.2. The smallest absolute Gasteiger partial charge is 0.237 e. The topological polar surface area (TPSA) is 69.0 Å². The lowest BCUT2D eigenvalue weighted by Crippen LogP contribution is -2.23. The van der Waals surface area contributed by atoms with Crippen molar-refractivity contribution in [3.05, 3.63) is 96.3 Å². The van der Waals surface area contributed by atoms with Gasteiger partial charge in [0.25, 0.3) is 0 Å². The van der Waals surface area contributed by atoms with E-state index in [1.54, 1.807) is 0 Å². The summed E-state index contributed by atoms with van der Waals surface area (Å²) in [5.74, 6) is 1.33. The number of amides is 1. The van der Waals surface area contributed by atoms with E-state index in [9.17, 15) is 4.79 Å². The number of aryl methyl sites for hydroxylation is 1. The Kier molecular flexibility index (Phi) is 6.87. The predicted molar refractivity (Wildman–Crippen MR) is 127 cm³/mol. The van der Waals surface area contributed by atoms with E-state index < -0.39 is 0 Å². The maximum absolute atomic E-state index is 12.7. The second-order valence-electron chi connectivity index (χ2n) is 7.29. The van der Waals surface area contributed by atoms with Crippen LogP contribution in [-0.2, 0) is 11.4 Å². The molecule has 1 atom stereocenters. The van der Waals surface area contributed by atoms with Gasteiger partial charge in [-0.3, -0.25) is 9.36 Å². The summed E-state index contributed by atoms with van der Waals surface area (Å²) in [5.41, 5.74) is 2.85. The zero-order chi connectivity index (χ0) is 22.3. The van der Waals surface area contributed by atoms with Crippen molar-refractivity contribution in [1.82, 2.24) is 14.8 Å². The number of para-hydroxylation sites is 2. The van der Waals surface area contributed by atoms with Crippen molar-refractivity contribution in [2.75, 3.05) is 5.32 Å². The molecule has 4 aromatic rings. The highest BCUT2D eigenvalue weighted by Gasteiger charge is 2.21. The predicted octanol–water partition coefficient (Wildman–Crippen LogP) is 5.27. The van der Waals surface area contributed by atoms with Crippen LogP contribution in [0, 0.1) is 6.92 Å². The molecule has 0 aliphatic heterocycles. The maximum atomic E-state index is 12.7. The molecule has 7 heteroatoms. The summed E-state index contributed by atoms with van der Waals surface area (Å²) < 4.78 is 7.85. The number of nitrogens with one attached hydrogen (secondary N) is 1. The number of hydrogen-bond acceptors (Lipinski definition) is 5. The van der Waals surface area contributed by atoms with Crippen LogP contribution in [0.2, 0.25) is 0 Å². The number of nitrogens with zero attached hydrogens (tertiary/aromatic N) is 3. The van der Waals surface area contributed by atoms with Gasteiger partial charge in [0, 0.05) is 11.4 Å². The van der Waals surface area contributed by atoms with E-state index in [2.05, 4.69) is 15.5 Å². The van der Waals surface area contributed by atoms with E-state index in [4.69, 9.17) is 4.74 Å². The molecule has 162 valence electrons. The van der Waals surface area contributed by atoms with Gasteiger partial charge in [-0.05, 0) is 50.2 Å². The molecule has 4 rings (SSSR count). The molecule has 1 heterocycles. The Morgan fingerprint density at radius 1 is 0.969 bits per heavy atom. The van der Waals surface area contributed by atoms with Gasteiger partial charge in [0.2, 0.25) is 5.91 Å². The molecule has 0 radical (unpaired) electrons. The summed E-state index contributed by atoms with van der Waals surface area (Å²) >= 11 is 1.36. The van der Waals surface area contributed by atoms with E-state index in [1.807, 2.05) is 103 Å². The minimum Gasteiger partial charge on any atom is -0.486 e. The molecule has 6 nitrogen and oxygen atoms in total. The van der Waals surface area contributed by atoms with Crippen molar-refractivity contribution in [2.24, 2.45) is 0 Å². The van der Waals surface area contributed by atoms with Crippen LogP contribution < -0.4 is 10.1 Å². The first-order valence-electron chi connectivity index (χ1n) is 10.3. The Morgan fingerprint density at radius 2 is 1.62 bits per heavy atom. The lowest BCUT2D eigenvalue weighted by molar-refractivity contribution is -0.115. The van der Waals surface area contributed by atoms with Gasteiger partial charge in [-0.1, -0.05) is 65.9 Å². The Balaban J connectivity index is 1.56. The summed E-state index contributed by atoms with van der Waals surface area (Å²) in [6.07, 6.45) is 0. The number of benzene rings is 3. The summed E-state index contributed by atoms with van der Waals surface area (Å²) in [6, 6.07) is 27.1. The van der Waals surface area contributed by atoms with Gasteiger partial charge in [0.15, 0.2) is 11.0 Å². The lowest BCUT2D eigenvalue weighted by atomic mass is 10.2. The quantitative estimate of drug-likeness (QED) is 0.375. The fourth-order valence-electron chi connectivity index (χ4n) is 3.06. The first kappa shape index (κ1) is 21.6. The van der Waals surface area contributed by atoms with E-state index in [0.717, 1.165) is 22.7 Å². The molecule has 0 unspecified atom stereocenters. The van der Waals surface area contributed by atoms with Gasteiger partial charge in [0.1, 0.15) is 12.4 Å². The molecular weight excluding hydrogens is 420 g/mol. The van der Waals surface area contributed by atoms with Crippen molar-refractivity contribution in [3.63, 3.8) is 0 Å². The van der Waals surface area contributed by atoms with Crippen molar-refractivity contribution >= 4 is 23.4 Å². The van der Waals surface area contributed by atoms with E-state index in [-0.39, 0.29) is 17.8 Å². The first-order valence-corrected chi connectivity index (χ1v) is 11.2. The molecule has 1 aromatic heterocycles. The van der Waals surface area contributed by atoms with Crippen molar-refractivity contribution < 1.29 is 9.53 Å². The van der Waals surface area contributed by atoms with Crippen LogP contribution in [0.3, 0.4) is 0 Å². The van der Waals surface area contributed by atoms with Gasteiger partial charge < -0.3 is 10.1 Å². The van der Waals surface area contributed by atoms with Crippen LogP contribution in [0.25, 0.3) is 5.69 Å². The third-order valence-electron chi connectivity index (χ3n) is 4.80. The monoisotopic (exact) mass is 444 g/mol. The van der Waals surface area contributed by atoms with Gasteiger partial charge in [-0.25, -0.2) is 0 Å². The van der Waals surface area contributed by atoms with Crippen LogP contribution in [0.4, 0.5) is 5.69 Å². The number of thioether (sulfide) groups is 1. The van der Waals surface area contributed by atoms with Gasteiger partial charge in [0.05, 0.1) is 5.25 Å². The van der Waals surface area contributed by atoms with Gasteiger partial charge in [-0.2, -0.15) is 0 Å². The van der Waals surface area contributed by atoms with Crippen LogP contribution >= 0.6 is 11.8 Å². The van der Waals surface area contributed by atoms with E-state index >= 15 is 0 Å². The Bertz CT molecular complexity index is 1160. The maximum Gasteiger partial charge on any atom is 0.237 e. The van der Waals surface area contributed by atoms with Crippen LogP contribution in [-0.4, -0.2) is 25.9 Å². The molecule has 0 aliphatic rings. The summed E-state index contributed by atoms with van der Waals surface area (Å²) in [4.78, 5) is 12.7. The second kappa shape index (κ2) is 10.2. The highest BCUT2D eigenvalue weighted by molar-refractivity contribution is 8.00. The molecule has 0 bridgehead atoms.